The molecule has 0 N–H and O–H groups in total. The van der Waals surface area contributed by atoms with Crippen LogP contribution in [0.25, 0.3) is 0 Å². The number of benzene rings is 2. The second kappa shape index (κ2) is 10.0. The van der Waals surface area contributed by atoms with Gasteiger partial charge in [-0.25, -0.2) is 0 Å². The maximum atomic E-state index is 12.8. The van der Waals surface area contributed by atoms with E-state index in [2.05, 4.69) is 0 Å². The molecular formula is C15H11AsCl6O5S2. The summed E-state index contributed by atoms with van der Waals surface area (Å²) in [5, 5.41) is 0.00497. The summed E-state index contributed by atoms with van der Waals surface area (Å²) in [5.41, 5.74) is 1.53. The molecule has 14 heteroatoms. The molecule has 0 bridgehead atoms. The first-order valence-corrected chi connectivity index (χ1v) is 18.0. The topological polar surface area (TPSA) is 77.5 Å². The number of hydrogen-bond donors (Lipinski definition) is 0. The molecule has 2 aromatic carbocycles. The Kier molecular flexibility index (Phi) is 8.94. The third kappa shape index (κ3) is 6.10. The summed E-state index contributed by atoms with van der Waals surface area (Å²) in [4.78, 5) is -0.509. The van der Waals surface area contributed by atoms with Gasteiger partial charge < -0.3 is 0 Å². The van der Waals surface area contributed by atoms with Crippen LogP contribution < -0.4 is 0 Å². The molecule has 0 amide bonds. The standard InChI is InChI=1S/C15H11AsCl6O5S2/c1-16(28(23,24)14-6-10(19)8(17)4-12(14)21)2-3-27-29(25,26)15-7-11(20)9(18)5-13(15)22/h4-7H,2-3H2,1H3. The Bertz CT molecular complexity index is 1150. The van der Waals surface area contributed by atoms with Crippen LogP contribution in [0.2, 0.25) is 41.1 Å². The van der Waals surface area contributed by atoms with Gasteiger partial charge in [0.05, 0.1) is 0 Å². The molecule has 0 fully saturated rings. The summed E-state index contributed by atoms with van der Waals surface area (Å²) in [6, 6.07) is 4.67. The van der Waals surface area contributed by atoms with Gasteiger partial charge in [0.2, 0.25) is 0 Å². The van der Waals surface area contributed by atoms with Gasteiger partial charge in [-0.15, -0.1) is 0 Å². The molecule has 0 saturated heterocycles. The Hall–Kier alpha value is 0.598. The van der Waals surface area contributed by atoms with E-state index in [-0.39, 0.29) is 51.7 Å². The van der Waals surface area contributed by atoms with Gasteiger partial charge in [-0.2, -0.15) is 0 Å². The van der Waals surface area contributed by atoms with Gasteiger partial charge in [0.1, 0.15) is 0 Å². The van der Waals surface area contributed by atoms with Gasteiger partial charge in [0, 0.05) is 0 Å². The molecule has 5 nitrogen and oxygen atoms in total. The fraction of sp³-hybridized carbons (Fsp3) is 0.200. The molecule has 0 aliphatic rings. The summed E-state index contributed by atoms with van der Waals surface area (Å²) in [6.45, 7) is -0.367. The van der Waals surface area contributed by atoms with Crippen molar-refractivity contribution in [2.75, 3.05) is 6.61 Å². The van der Waals surface area contributed by atoms with E-state index >= 15 is 0 Å². The Morgan fingerprint density at radius 1 is 0.724 bits per heavy atom. The molecule has 0 radical (unpaired) electrons. The first kappa shape index (κ1) is 25.9. The van der Waals surface area contributed by atoms with Gasteiger partial charge in [0.15, 0.2) is 0 Å². The second-order valence-corrected chi connectivity index (χ2v) is 20.8. The van der Waals surface area contributed by atoms with E-state index in [0.717, 1.165) is 6.07 Å². The summed E-state index contributed by atoms with van der Waals surface area (Å²) < 4.78 is 55.3. The van der Waals surface area contributed by atoms with Crippen molar-refractivity contribution in [1.29, 1.82) is 0 Å². The fourth-order valence-electron chi connectivity index (χ4n) is 2.02. The van der Waals surface area contributed by atoms with E-state index in [1.807, 2.05) is 0 Å². The summed E-state index contributed by atoms with van der Waals surface area (Å²) in [7, 11) is -8.05. The average molecular weight is 623 g/mol. The molecule has 0 aliphatic heterocycles. The van der Waals surface area contributed by atoms with E-state index in [4.69, 9.17) is 73.8 Å². The van der Waals surface area contributed by atoms with Crippen molar-refractivity contribution in [3.05, 3.63) is 54.4 Å². The third-order valence-electron chi connectivity index (χ3n) is 3.55. The summed E-state index contributed by atoms with van der Waals surface area (Å²) >= 11 is 32.5. The van der Waals surface area contributed by atoms with E-state index in [1.54, 1.807) is 0 Å². The van der Waals surface area contributed by atoms with Crippen LogP contribution in [0.15, 0.2) is 34.1 Å². The van der Waals surface area contributed by atoms with Crippen molar-refractivity contribution >= 4 is 101 Å². The first-order valence-electron chi connectivity index (χ1n) is 7.42. The number of rotatable bonds is 7. The fourth-order valence-corrected chi connectivity index (χ4v) is 12.3. The predicted molar refractivity (Wildman–Crippen MR) is 120 cm³/mol. The first-order chi connectivity index (χ1) is 13.3. The molecule has 1 unspecified atom stereocenters. The van der Waals surface area contributed by atoms with Crippen LogP contribution in [-0.2, 0) is 22.4 Å². The van der Waals surface area contributed by atoms with E-state index < -0.39 is 31.7 Å². The van der Waals surface area contributed by atoms with Crippen LogP contribution in [0.5, 0.6) is 0 Å². The molecule has 1 atom stereocenters. The van der Waals surface area contributed by atoms with Crippen LogP contribution in [0.4, 0.5) is 0 Å². The van der Waals surface area contributed by atoms with Gasteiger partial charge in [-0.05, 0) is 0 Å². The Morgan fingerprint density at radius 3 is 1.66 bits per heavy atom. The zero-order valence-corrected chi connectivity index (χ0v) is 22.3. The maximum absolute atomic E-state index is 12.8. The number of halogens is 6. The van der Waals surface area contributed by atoms with Crippen molar-refractivity contribution in [1.82, 2.24) is 0 Å². The van der Waals surface area contributed by atoms with Gasteiger partial charge in [-0.3, -0.25) is 0 Å². The predicted octanol–water partition coefficient (Wildman–Crippen LogP) is 6.41. The Morgan fingerprint density at radius 2 is 1.14 bits per heavy atom. The monoisotopic (exact) mass is 620 g/mol. The number of hydrogen-bond acceptors (Lipinski definition) is 5. The Labute approximate surface area is 202 Å². The molecule has 160 valence electrons. The van der Waals surface area contributed by atoms with Crippen molar-refractivity contribution in [3.63, 3.8) is 0 Å². The van der Waals surface area contributed by atoms with Crippen LogP contribution in [0.3, 0.4) is 0 Å². The van der Waals surface area contributed by atoms with Crippen LogP contribution in [0, 0.1) is 0 Å². The third-order valence-corrected chi connectivity index (χ3v) is 18.0. The molecule has 0 aliphatic carbocycles. The molecule has 0 heterocycles. The van der Waals surface area contributed by atoms with Crippen LogP contribution >= 0.6 is 69.6 Å². The molecule has 0 spiro atoms. The SMILES string of the molecule is C[As](CCOS(=O)(=O)c1cc(Cl)c(Cl)cc1Cl)S(=O)(=O)c1cc(Cl)c(Cl)cc1Cl. The van der Waals surface area contributed by atoms with Crippen molar-refractivity contribution < 1.29 is 21.0 Å². The zero-order valence-electron chi connectivity index (χ0n) is 14.3. The van der Waals surface area contributed by atoms with Crippen molar-refractivity contribution in [2.24, 2.45) is 0 Å². The molecule has 2 rings (SSSR count). The van der Waals surface area contributed by atoms with Gasteiger partial charge in [0.25, 0.3) is 0 Å². The normalized spacial score (nSPS) is 13.5. The van der Waals surface area contributed by atoms with E-state index in [9.17, 15) is 16.8 Å². The van der Waals surface area contributed by atoms with E-state index in [1.165, 1.54) is 23.9 Å². The summed E-state index contributed by atoms with van der Waals surface area (Å²) in [6.07, 6.45) is 0. The molecule has 0 aromatic heterocycles. The minimum atomic E-state index is -4.27. The molecule has 0 saturated carbocycles. The Balaban J connectivity index is 2.16. The molecule has 2 aromatic rings. The van der Waals surface area contributed by atoms with Crippen LogP contribution in [-0.4, -0.2) is 36.9 Å². The van der Waals surface area contributed by atoms with Crippen LogP contribution in [0.1, 0.15) is 0 Å². The van der Waals surface area contributed by atoms with Crippen molar-refractivity contribution in [3.8, 4) is 0 Å². The van der Waals surface area contributed by atoms with Gasteiger partial charge in [-0.1, -0.05) is 0 Å². The second-order valence-electron chi connectivity index (χ2n) is 5.50. The zero-order chi connectivity index (χ0) is 22.1. The van der Waals surface area contributed by atoms with Crippen molar-refractivity contribution in [2.45, 2.75) is 20.7 Å². The quantitative estimate of drug-likeness (QED) is 0.203. The van der Waals surface area contributed by atoms with E-state index in [0.29, 0.717) is 0 Å². The minimum absolute atomic E-state index is 0.00984. The molecular weight excluding hydrogens is 612 g/mol. The van der Waals surface area contributed by atoms with Gasteiger partial charge >= 0.3 is 204 Å². The summed E-state index contributed by atoms with van der Waals surface area (Å²) in [5.74, 6) is 0. The average Bonchev–Trinajstić information content (AvgIpc) is 2.60. The molecule has 29 heavy (non-hydrogen) atoms.